The summed E-state index contributed by atoms with van der Waals surface area (Å²) >= 11 is 0. The summed E-state index contributed by atoms with van der Waals surface area (Å²) in [5, 5.41) is 8.82. The second kappa shape index (κ2) is 12.2. The van der Waals surface area contributed by atoms with Gasteiger partial charge in [0.15, 0.2) is 0 Å². The maximum Gasteiger partial charge on any atom is 0.251 e. The second-order valence-electron chi connectivity index (χ2n) is 11.0. The highest BCUT2D eigenvalue weighted by Gasteiger charge is 2.42. The van der Waals surface area contributed by atoms with E-state index in [2.05, 4.69) is 39.6 Å². The summed E-state index contributed by atoms with van der Waals surface area (Å²) in [6.45, 7) is 1.61. The highest BCUT2D eigenvalue weighted by molar-refractivity contribution is 5.94. The Morgan fingerprint density at radius 3 is 2.62 bits per heavy atom. The first-order valence-electron chi connectivity index (χ1n) is 13.8. The maximum atomic E-state index is 13.5. The number of likely N-dealkylation sites (tertiary alicyclic amines) is 1. The zero-order chi connectivity index (χ0) is 27.4. The number of hydrogen-bond donors (Lipinski definition) is 3. The topological polar surface area (TPSA) is 99.8 Å². The van der Waals surface area contributed by atoms with Crippen LogP contribution in [0.1, 0.15) is 48.0 Å². The molecule has 8 nitrogen and oxygen atoms in total. The molecule has 0 bridgehead atoms. The predicted molar refractivity (Wildman–Crippen MR) is 143 cm³/mol. The SMILES string of the molecule is COC[C@@H]1C[C@H]1C#CC#Cc1ccc(C(=O)NC[C@H]2C[C@@H](NC(=O)[C@@H]3C[C@H](F)CN3)CN2C(=O)C2CC2)cc1. The van der Waals surface area contributed by atoms with Gasteiger partial charge < -0.3 is 25.6 Å². The van der Waals surface area contributed by atoms with Crippen molar-refractivity contribution in [2.24, 2.45) is 17.8 Å². The fourth-order valence-electron chi connectivity index (χ4n) is 5.32. The molecule has 3 amide bonds. The van der Waals surface area contributed by atoms with Crippen LogP contribution in [0.3, 0.4) is 0 Å². The first-order chi connectivity index (χ1) is 18.9. The average molecular weight is 535 g/mol. The van der Waals surface area contributed by atoms with Crippen molar-refractivity contribution in [1.29, 1.82) is 0 Å². The number of alkyl halides is 1. The number of nitrogens with one attached hydrogen (secondary N) is 3. The van der Waals surface area contributed by atoms with Gasteiger partial charge in [-0.05, 0) is 67.7 Å². The molecule has 2 saturated heterocycles. The minimum absolute atomic E-state index is 0.0378. The van der Waals surface area contributed by atoms with Crippen LogP contribution in [0.4, 0.5) is 4.39 Å². The number of benzene rings is 1. The van der Waals surface area contributed by atoms with Crippen LogP contribution >= 0.6 is 0 Å². The van der Waals surface area contributed by atoms with Gasteiger partial charge in [-0.15, -0.1) is 0 Å². The molecule has 0 aromatic heterocycles. The van der Waals surface area contributed by atoms with Crippen molar-refractivity contribution in [2.45, 2.75) is 56.4 Å². The first-order valence-corrected chi connectivity index (χ1v) is 13.8. The summed E-state index contributed by atoms with van der Waals surface area (Å²) in [5.41, 5.74) is 1.28. The molecule has 1 aromatic rings. The molecular weight excluding hydrogens is 499 g/mol. The Balaban J connectivity index is 1.12. The van der Waals surface area contributed by atoms with E-state index in [4.69, 9.17) is 4.74 Å². The van der Waals surface area contributed by atoms with E-state index in [1.807, 2.05) is 0 Å². The molecule has 4 aliphatic rings. The van der Waals surface area contributed by atoms with Crippen LogP contribution in [-0.4, -0.2) is 80.3 Å². The fourth-order valence-corrected chi connectivity index (χ4v) is 5.32. The third-order valence-electron chi connectivity index (χ3n) is 7.84. The molecule has 0 spiro atoms. The van der Waals surface area contributed by atoms with Crippen LogP contribution < -0.4 is 16.0 Å². The Hall–Kier alpha value is -3.40. The van der Waals surface area contributed by atoms with E-state index in [0.717, 1.165) is 31.4 Å². The molecule has 5 rings (SSSR count). The van der Waals surface area contributed by atoms with E-state index in [0.29, 0.717) is 36.9 Å². The number of hydrogen-bond acceptors (Lipinski definition) is 5. The Kier molecular flexibility index (Phi) is 8.50. The van der Waals surface area contributed by atoms with Gasteiger partial charge in [-0.1, -0.05) is 11.8 Å². The third kappa shape index (κ3) is 7.17. The molecule has 0 radical (unpaired) electrons. The van der Waals surface area contributed by atoms with E-state index in [1.165, 1.54) is 0 Å². The molecule has 3 N–H and O–H groups in total. The number of halogens is 1. The smallest absolute Gasteiger partial charge is 0.251 e. The van der Waals surface area contributed by atoms with Crippen molar-refractivity contribution in [3.63, 3.8) is 0 Å². The lowest BCUT2D eigenvalue weighted by molar-refractivity contribution is -0.133. The molecule has 2 heterocycles. The number of rotatable bonds is 8. The molecule has 6 atom stereocenters. The predicted octanol–water partition coefficient (Wildman–Crippen LogP) is 1.25. The van der Waals surface area contributed by atoms with Crippen molar-refractivity contribution < 1.29 is 23.5 Å². The molecule has 2 saturated carbocycles. The monoisotopic (exact) mass is 534 g/mol. The fraction of sp³-hybridized carbons (Fsp3) is 0.567. The van der Waals surface area contributed by atoms with Gasteiger partial charge in [0.1, 0.15) is 6.17 Å². The first kappa shape index (κ1) is 27.2. The second-order valence-corrected chi connectivity index (χ2v) is 11.0. The van der Waals surface area contributed by atoms with Crippen LogP contribution in [0.15, 0.2) is 24.3 Å². The van der Waals surface area contributed by atoms with Crippen molar-refractivity contribution in [2.75, 3.05) is 33.4 Å². The Labute approximate surface area is 228 Å². The maximum absolute atomic E-state index is 13.5. The molecule has 2 aliphatic carbocycles. The normalized spacial score (nSPS) is 29.0. The lowest BCUT2D eigenvalue weighted by Gasteiger charge is -2.25. The largest absolute Gasteiger partial charge is 0.384 e. The molecule has 1 aromatic carbocycles. The molecular formula is C30H35FN4O4. The summed E-state index contributed by atoms with van der Waals surface area (Å²) in [7, 11) is 1.70. The van der Waals surface area contributed by atoms with Crippen LogP contribution in [0.2, 0.25) is 0 Å². The Bertz CT molecular complexity index is 1210. The van der Waals surface area contributed by atoms with E-state index < -0.39 is 12.2 Å². The lowest BCUT2D eigenvalue weighted by atomic mass is 10.1. The number of amides is 3. The van der Waals surface area contributed by atoms with Gasteiger partial charge in [0.25, 0.3) is 5.91 Å². The number of carbonyl (C=O) groups excluding carboxylic acids is 3. The van der Waals surface area contributed by atoms with Crippen LogP contribution in [-0.2, 0) is 14.3 Å². The van der Waals surface area contributed by atoms with Crippen molar-refractivity contribution in [3.8, 4) is 23.7 Å². The van der Waals surface area contributed by atoms with Gasteiger partial charge in [0.2, 0.25) is 11.8 Å². The van der Waals surface area contributed by atoms with Gasteiger partial charge >= 0.3 is 0 Å². The summed E-state index contributed by atoms with van der Waals surface area (Å²) in [6.07, 6.45) is 2.51. The van der Waals surface area contributed by atoms with Crippen LogP contribution in [0.25, 0.3) is 0 Å². The van der Waals surface area contributed by atoms with Gasteiger partial charge in [-0.3, -0.25) is 14.4 Å². The van der Waals surface area contributed by atoms with Crippen molar-refractivity contribution >= 4 is 17.7 Å². The van der Waals surface area contributed by atoms with Gasteiger partial charge in [-0.2, -0.15) is 0 Å². The van der Waals surface area contributed by atoms with Crippen molar-refractivity contribution in [1.82, 2.24) is 20.9 Å². The van der Waals surface area contributed by atoms with E-state index in [9.17, 15) is 18.8 Å². The highest BCUT2D eigenvalue weighted by atomic mass is 19.1. The minimum Gasteiger partial charge on any atom is -0.384 e. The van der Waals surface area contributed by atoms with Crippen LogP contribution in [0.5, 0.6) is 0 Å². The molecule has 206 valence electrons. The summed E-state index contributed by atoms with van der Waals surface area (Å²) in [4.78, 5) is 40.1. The van der Waals surface area contributed by atoms with Gasteiger partial charge in [-0.25, -0.2) is 4.39 Å². The number of nitrogens with zero attached hydrogens (tertiary/aromatic N) is 1. The summed E-state index contributed by atoms with van der Waals surface area (Å²) < 4.78 is 18.6. The summed E-state index contributed by atoms with van der Waals surface area (Å²) in [5.74, 6) is 12.5. The number of methoxy groups -OCH3 is 1. The van der Waals surface area contributed by atoms with E-state index >= 15 is 0 Å². The number of carbonyl (C=O) groups is 3. The zero-order valence-electron chi connectivity index (χ0n) is 22.2. The third-order valence-corrected chi connectivity index (χ3v) is 7.84. The Morgan fingerprint density at radius 2 is 1.92 bits per heavy atom. The van der Waals surface area contributed by atoms with Gasteiger partial charge in [0.05, 0.1) is 18.7 Å². The van der Waals surface area contributed by atoms with Crippen molar-refractivity contribution in [3.05, 3.63) is 35.4 Å². The number of ether oxygens (including phenoxy) is 1. The quantitative estimate of drug-likeness (QED) is 0.436. The Morgan fingerprint density at radius 1 is 1.13 bits per heavy atom. The molecule has 39 heavy (non-hydrogen) atoms. The summed E-state index contributed by atoms with van der Waals surface area (Å²) in [6, 6.07) is 6.04. The molecule has 2 aliphatic heterocycles. The molecule has 4 fully saturated rings. The standard InChI is InChI=1S/C30H35FN4O4/c1-39-18-23-12-22(23)5-3-2-4-19-6-8-20(9-7-19)28(36)33-16-26-14-25(17-35(26)30(38)21-10-11-21)34-29(37)27-13-24(31)15-32-27/h6-9,21-27,32H,10-18H2,1H3,(H,33,36)(H,34,37)/t22-,23+,24+,25-,26-,27+/m1/s1. The zero-order valence-corrected chi connectivity index (χ0v) is 22.2. The molecule has 0 unspecified atom stereocenters. The molecule has 9 heteroatoms. The highest BCUT2D eigenvalue weighted by Crippen LogP contribution is 2.37. The van der Waals surface area contributed by atoms with Crippen LogP contribution in [0, 0.1) is 41.4 Å². The van der Waals surface area contributed by atoms with E-state index in [-0.39, 0.29) is 48.7 Å². The van der Waals surface area contributed by atoms with Gasteiger partial charge in [0, 0.05) is 62.2 Å². The van der Waals surface area contributed by atoms with E-state index in [1.54, 1.807) is 36.3 Å². The average Bonchev–Trinajstić information content (AvgIpc) is 3.83. The lowest BCUT2D eigenvalue weighted by Crippen LogP contribution is -2.46. The minimum atomic E-state index is -1.02.